The smallest absolute Gasteiger partial charge is 0.319 e. The van der Waals surface area contributed by atoms with E-state index in [-0.39, 0.29) is 17.6 Å². The first-order valence-corrected chi connectivity index (χ1v) is 5.97. The van der Waals surface area contributed by atoms with E-state index in [1.165, 1.54) is 7.05 Å². The number of rotatable bonds is 4. The maximum Gasteiger partial charge on any atom is 0.319 e. The first-order chi connectivity index (χ1) is 8.08. The number of amides is 3. The van der Waals surface area contributed by atoms with E-state index < -0.39 is 6.03 Å². The van der Waals surface area contributed by atoms with Crippen molar-refractivity contribution in [2.45, 2.75) is 26.3 Å². The number of carbonyl (C=O) groups is 2. The van der Waals surface area contributed by atoms with Crippen molar-refractivity contribution >= 4 is 28.5 Å². The van der Waals surface area contributed by atoms with E-state index in [1.807, 2.05) is 13.8 Å². The highest BCUT2D eigenvalue weighted by molar-refractivity contribution is 7.10. The van der Waals surface area contributed by atoms with E-state index in [1.54, 1.807) is 0 Å². The highest BCUT2D eigenvalue weighted by atomic mass is 32.1. The van der Waals surface area contributed by atoms with Crippen LogP contribution < -0.4 is 16.0 Å². The van der Waals surface area contributed by atoms with Gasteiger partial charge in [-0.1, -0.05) is 11.4 Å². The number of aromatic nitrogens is 2. The zero-order valence-corrected chi connectivity index (χ0v) is 10.7. The average Bonchev–Trinajstić information content (AvgIpc) is 2.76. The van der Waals surface area contributed by atoms with Gasteiger partial charge < -0.3 is 10.6 Å². The Morgan fingerprint density at radius 1 is 1.47 bits per heavy atom. The summed E-state index contributed by atoms with van der Waals surface area (Å²) < 4.78 is 3.65. The zero-order chi connectivity index (χ0) is 12.8. The molecule has 1 heterocycles. The van der Waals surface area contributed by atoms with E-state index in [9.17, 15) is 9.59 Å². The maximum atomic E-state index is 11.8. The molecule has 1 rings (SSSR count). The van der Waals surface area contributed by atoms with Crippen molar-refractivity contribution in [3.63, 3.8) is 0 Å². The van der Waals surface area contributed by atoms with Crippen LogP contribution in [-0.4, -0.2) is 34.6 Å². The summed E-state index contributed by atoms with van der Waals surface area (Å²) in [7, 11) is 1.49. The minimum absolute atomic E-state index is 0.0528. The molecule has 1 unspecified atom stereocenters. The van der Waals surface area contributed by atoms with Crippen molar-refractivity contribution in [1.82, 2.24) is 20.2 Å². The van der Waals surface area contributed by atoms with Crippen LogP contribution in [0.1, 0.15) is 30.8 Å². The third kappa shape index (κ3) is 3.66. The topological polar surface area (TPSA) is 96.0 Å². The summed E-state index contributed by atoms with van der Waals surface area (Å²) in [6.45, 7) is 3.86. The summed E-state index contributed by atoms with van der Waals surface area (Å²) in [4.78, 5) is 22.9. The molecule has 0 aromatic carbocycles. The number of hydrogen-bond donors (Lipinski definition) is 3. The average molecular weight is 257 g/mol. The minimum atomic E-state index is -0.409. The summed E-state index contributed by atoms with van der Waals surface area (Å²) >= 11 is 0.962. The van der Waals surface area contributed by atoms with E-state index >= 15 is 0 Å². The van der Waals surface area contributed by atoms with Gasteiger partial charge in [-0.05, 0) is 13.3 Å². The first kappa shape index (κ1) is 13.4. The highest BCUT2D eigenvalue weighted by Gasteiger charge is 2.18. The van der Waals surface area contributed by atoms with Gasteiger partial charge in [0.05, 0.1) is 0 Å². The van der Waals surface area contributed by atoms with Crippen LogP contribution in [0.15, 0.2) is 0 Å². The van der Waals surface area contributed by atoms with Crippen LogP contribution in [0.25, 0.3) is 0 Å². The van der Waals surface area contributed by atoms with Crippen molar-refractivity contribution in [3.8, 4) is 0 Å². The molecule has 7 nitrogen and oxygen atoms in total. The van der Waals surface area contributed by atoms with E-state index in [4.69, 9.17) is 0 Å². The lowest BCUT2D eigenvalue weighted by Gasteiger charge is -2.10. The Hall–Kier alpha value is -1.70. The van der Waals surface area contributed by atoms with Gasteiger partial charge in [-0.25, -0.2) is 4.79 Å². The number of anilines is 1. The summed E-state index contributed by atoms with van der Waals surface area (Å²) in [5, 5.41) is 11.7. The fraction of sp³-hybridized carbons (Fsp3) is 0.556. The normalized spacial score (nSPS) is 11.7. The Kier molecular flexibility index (Phi) is 4.83. The Morgan fingerprint density at radius 3 is 2.76 bits per heavy atom. The predicted octanol–water partition coefficient (Wildman–Crippen LogP) is 0.818. The zero-order valence-electron chi connectivity index (χ0n) is 9.90. The first-order valence-electron chi connectivity index (χ1n) is 5.20. The van der Waals surface area contributed by atoms with Gasteiger partial charge in [0.15, 0.2) is 10.7 Å². The third-order valence-electron chi connectivity index (χ3n) is 2.15. The molecular formula is C9H15N5O2S. The van der Waals surface area contributed by atoms with Gasteiger partial charge in [0.1, 0.15) is 0 Å². The third-order valence-corrected chi connectivity index (χ3v) is 2.79. The molecule has 0 spiro atoms. The van der Waals surface area contributed by atoms with Crippen LogP contribution in [0.4, 0.5) is 9.80 Å². The van der Waals surface area contributed by atoms with E-state index in [2.05, 4.69) is 25.5 Å². The van der Waals surface area contributed by atoms with Crippen molar-refractivity contribution in [2.75, 3.05) is 12.4 Å². The second-order valence-electron chi connectivity index (χ2n) is 3.44. The summed E-state index contributed by atoms with van der Waals surface area (Å²) in [6.07, 6.45) is 0.821. The van der Waals surface area contributed by atoms with E-state index in [0.29, 0.717) is 5.00 Å². The van der Waals surface area contributed by atoms with Gasteiger partial charge in [0, 0.05) is 24.6 Å². The molecule has 3 N–H and O–H groups in total. The standard InChI is InChI=1S/C9H15N5O2S/c1-4-5(2)11-7(15)6-8(17-14-13-6)12-9(16)10-3/h5H,4H2,1-3H3,(H,11,15)(H2,10,12,16). The molecule has 0 saturated heterocycles. The van der Waals surface area contributed by atoms with Crippen molar-refractivity contribution in [3.05, 3.63) is 5.69 Å². The molecule has 0 bridgehead atoms. The Bertz CT molecular complexity index is 406. The largest absolute Gasteiger partial charge is 0.348 e. The fourth-order valence-corrected chi connectivity index (χ4v) is 1.54. The molecule has 0 saturated carbocycles. The summed E-state index contributed by atoms with van der Waals surface area (Å²) in [5.41, 5.74) is 0.138. The second kappa shape index (κ2) is 6.14. The molecule has 1 atom stereocenters. The Morgan fingerprint density at radius 2 is 2.18 bits per heavy atom. The SMILES string of the molecule is CCC(C)NC(=O)c1nnsc1NC(=O)NC. The van der Waals surface area contributed by atoms with Gasteiger partial charge in [0.2, 0.25) is 0 Å². The number of carbonyl (C=O) groups excluding carboxylic acids is 2. The second-order valence-corrected chi connectivity index (χ2v) is 4.19. The molecule has 3 amide bonds. The molecule has 0 aliphatic carbocycles. The van der Waals surface area contributed by atoms with Crippen LogP contribution in [0.5, 0.6) is 0 Å². The number of nitrogens with one attached hydrogen (secondary N) is 3. The lowest BCUT2D eigenvalue weighted by Crippen LogP contribution is -2.33. The lowest BCUT2D eigenvalue weighted by molar-refractivity contribution is 0.0935. The van der Waals surface area contributed by atoms with Crippen LogP contribution in [-0.2, 0) is 0 Å². The van der Waals surface area contributed by atoms with Crippen LogP contribution in [0, 0.1) is 0 Å². The number of urea groups is 1. The quantitative estimate of drug-likeness (QED) is 0.744. The molecular weight excluding hydrogens is 242 g/mol. The van der Waals surface area contributed by atoms with Crippen molar-refractivity contribution in [1.29, 1.82) is 0 Å². The van der Waals surface area contributed by atoms with Gasteiger partial charge in [-0.3, -0.25) is 10.1 Å². The Balaban J connectivity index is 2.74. The molecule has 0 radical (unpaired) electrons. The van der Waals surface area contributed by atoms with Crippen LogP contribution in [0.2, 0.25) is 0 Å². The molecule has 17 heavy (non-hydrogen) atoms. The van der Waals surface area contributed by atoms with Gasteiger partial charge in [-0.2, -0.15) is 0 Å². The molecule has 8 heteroatoms. The molecule has 0 aliphatic heterocycles. The summed E-state index contributed by atoms with van der Waals surface area (Å²) in [5.74, 6) is -0.334. The van der Waals surface area contributed by atoms with Crippen molar-refractivity contribution < 1.29 is 9.59 Å². The molecule has 94 valence electrons. The molecule has 0 aliphatic rings. The monoisotopic (exact) mass is 257 g/mol. The van der Waals surface area contributed by atoms with Crippen LogP contribution in [0.3, 0.4) is 0 Å². The van der Waals surface area contributed by atoms with Gasteiger partial charge in [0.25, 0.3) is 5.91 Å². The summed E-state index contributed by atoms with van der Waals surface area (Å²) in [6, 6.07) is -0.356. The van der Waals surface area contributed by atoms with Gasteiger partial charge in [-0.15, -0.1) is 5.10 Å². The maximum absolute atomic E-state index is 11.8. The fourth-order valence-electron chi connectivity index (χ4n) is 0.981. The van der Waals surface area contributed by atoms with Crippen molar-refractivity contribution in [2.24, 2.45) is 0 Å². The molecule has 0 fully saturated rings. The predicted molar refractivity (Wildman–Crippen MR) is 65.2 cm³/mol. The molecule has 1 aromatic heterocycles. The number of hydrogen-bond acceptors (Lipinski definition) is 5. The Labute approximate surface area is 103 Å². The minimum Gasteiger partial charge on any atom is -0.348 e. The number of nitrogens with zero attached hydrogens (tertiary/aromatic N) is 2. The molecule has 1 aromatic rings. The van der Waals surface area contributed by atoms with Gasteiger partial charge >= 0.3 is 6.03 Å². The van der Waals surface area contributed by atoms with Crippen LogP contribution >= 0.6 is 11.5 Å². The lowest BCUT2D eigenvalue weighted by atomic mass is 10.2. The highest BCUT2D eigenvalue weighted by Crippen LogP contribution is 2.17. The van der Waals surface area contributed by atoms with E-state index in [0.717, 1.165) is 18.0 Å².